The van der Waals surface area contributed by atoms with Crippen LogP contribution in [-0.2, 0) is 14.3 Å². The number of hydroxylamine groups is 2. The second kappa shape index (κ2) is 3.92. The molecule has 1 saturated heterocycles. The zero-order valence-electron chi connectivity index (χ0n) is 8.47. The molecule has 14 heavy (non-hydrogen) atoms. The van der Waals surface area contributed by atoms with Gasteiger partial charge in [0, 0.05) is 0 Å². The van der Waals surface area contributed by atoms with Crippen LogP contribution in [-0.4, -0.2) is 31.4 Å². The van der Waals surface area contributed by atoms with Gasteiger partial charge >= 0.3 is 0 Å². The minimum absolute atomic E-state index is 0.214. The van der Waals surface area contributed by atoms with Crippen molar-refractivity contribution < 1.29 is 14.3 Å². The van der Waals surface area contributed by atoms with Gasteiger partial charge in [-0.1, -0.05) is 12.2 Å². The van der Waals surface area contributed by atoms with Gasteiger partial charge in [0.05, 0.1) is 20.3 Å². The first-order valence-corrected chi connectivity index (χ1v) is 4.76. The van der Waals surface area contributed by atoms with E-state index < -0.39 is 0 Å². The van der Waals surface area contributed by atoms with Crippen molar-refractivity contribution >= 4 is 0 Å². The second-order valence-corrected chi connectivity index (χ2v) is 3.39. The molecule has 3 aliphatic rings. The Morgan fingerprint density at radius 2 is 2.14 bits per heavy atom. The summed E-state index contributed by atoms with van der Waals surface area (Å²) in [6.07, 6.45) is 8.46. The first-order chi connectivity index (χ1) is 6.83. The molecule has 1 fully saturated rings. The van der Waals surface area contributed by atoms with Crippen LogP contribution >= 0.6 is 0 Å². The van der Waals surface area contributed by atoms with Crippen molar-refractivity contribution in [1.29, 1.82) is 0 Å². The first kappa shape index (κ1) is 9.40. The van der Waals surface area contributed by atoms with Crippen LogP contribution in [0.15, 0.2) is 24.3 Å². The van der Waals surface area contributed by atoms with E-state index in [1.807, 2.05) is 0 Å². The van der Waals surface area contributed by atoms with Gasteiger partial charge < -0.3 is 9.47 Å². The van der Waals surface area contributed by atoms with Gasteiger partial charge in [-0.25, -0.2) is 5.06 Å². The highest BCUT2D eigenvalue weighted by Crippen LogP contribution is 2.28. The van der Waals surface area contributed by atoms with E-state index in [2.05, 4.69) is 12.2 Å². The third-order valence-corrected chi connectivity index (χ3v) is 2.51. The lowest BCUT2D eigenvalue weighted by molar-refractivity contribution is -0.204. The Bertz CT molecular complexity index is 256. The molecule has 0 aromatic heterocycles. The van der Waals surface area contributed by atoms with Gasteiger partial charge in [-0.05, 0) is 12.8 Å². The predicted octanol–water partition coefficient (Wildman–Crippen LogP) is 1.41. The Labute approximate surface area is 83.7 Å². The molecule has 0 saturated carbocycles. The Kier molecular flexibility index (Phi) is 2.63. The van der Waals surface area contributed by atoms with E-state index in [4.69, 9.17) is 14.3 Å². The minimum Gasteiger partial charge on any atom is -0.468 e. The van der Waals surface area contributed by atoms with E-state index >= 15 is 0 Å². The monoisotopic (exact) mass is 197 g/mol. The average molecular weight is 197 g/mol. The third kappa shape index (κ3) is 1.70. The zero-order valence-corrected chi connectivity index (χ0v) is 8.47. The van der Waals surface area contributed by atoms with E-state index in [9.17, 15) is 0 Å². The Morgan fingerprint density at radius 3 is 2.57 bits per heavy atom. The van der Waals surface area contributed by atoms with Crippen LogP contribution in [0.1, 0.15) is 12.8 Å². The molecule has 0 spiro atoms. The fourth-order valence-electron chi connectivity index (χ4n) is 1.73. The summed E-state index contributed by atoms with van der Waals surface area (Å²) in [7, 11) is 3.15. The highest BCUT2D eigenvalue weighted by Gasteiger charge is 2.29. The van der Waals surface area contributed by atoms with Gasteiger partial charge in [0.2, 0.25) is 0 Å². The standard InChI is InChI=1S/C10H15NO3/c1-12-10(13-2)7-11-8-3-5-9(14-11)6-4-8/h3,5,7-9H,4,6H2,1-2H3. The summed E-state index contributed by atoms with van der Waals surface area (Å²) in [6.45, 7) is 0. The van der Waals surface area contributed by atoms with Crippen molar-refractivity contribution in [2.24, 2.45) is 0 Å². The average Bonchev–Trinajstić information content (AvgIpc) is 2.27. The Hall–Kier alpha value is -1.16. The van der Waals surface area contributed by atoms with Gasteiger partial charge in [-0.2, -0.15) is 0 Å². The summed E-state index contributed by atoms with van der Waals surface area (Å²) in [5.41, 5.74) is 0. The number of fused-ring (bicyclic) bond motifs is 2. The van der Waals surface area contributed by atoms with Crippen LogP contribution in [0.3, 0.4) is 0 Å². The summed E-state index contributed by atoms with van der Waals surface area (Å²) in [5, 5.41) is 1.80. The summed E-state index contributed by atoms with van der Waals surface area (Å²) in [4.78, 5) is 5.63. The summed E-state index contributed by atoms with van der Waals surface area (Å²) in [5.74, 6) is 0.464. The largest absolute Gasteiger partial charge is 0.468 e. The molecule has 2 aliphatic heterocycles. The summed E-state index contributed by atoms with van der Waals surface area (Å²) in [6, 6.07) is 0.320. The van der Waals surface area contributed by atoms with Gasteiger partial charge in [0.25, 0.3) is 5.95 Å². The smallest absolute Gasteiger partial charge is 0.297 e. The second-order valence-electron chi connectivity index (χ2n) is 3.39. The van der Waals surface area contributed by atoms with Gasteiger partial charge in [-0.15, -0.1) is 0 Å². The number of hydrogen-bond acceptors (Lipinski definition) is 4. The normalized spacial score (nSPS) is 28.9. The fourth-order valence-corrected chi connectivity index (χ4v) is 1.73. The molecule has 78 valence electrons. The molecule has 0 N–H and O–H groups in total. The Morgan fingerprint density at radius 1 is 1.36 bits per heavy atom. The highest BCUT2D eigenvalue weighted by molar-refractivity contribution is 5.07. The first-order valence-electron chi connectivity index (χ1n) is 4.76. The SMILES string of the molecule is COC(=CN1OC2C=CC1CC2)OC. The molecule has 4 nitrogen and oxygen atoms in total. The van der Waals surface area contributed by atoms with Crippen LogP contribution in [0.2, 0.25) is 0 Å². The summed E-state index contributed by atoms with van der Waals surface area (Å²) < 4.78 is 10.0. The number of rotatable bonds is 3. The number of nitrogens with zero attached hydrogens (tertiary/aromatic N) is 1. The molecule has 2 unspecified atom stereocenters. The number of methoxy groups -OCH3 is 2. The van der Waals surface area contributed by atoms with E-state index in [0.29, 0.717) is 12.0 Å². The maximum absolute atomic E-state index is 5.63. The van der Waals surface area contributed by atoms with Crippen LogP contribution < -0.4 is 0 Å². The van der Waals surface area contributed by atoms with Crippen LogP contribution in [0.5, 0.6) is 0 Å². The quantitative estimate of drug-likeness (QED) is 0.505. The van der Waals surface area contributed by atoms with Crippen molar-refractivity contribution in [1.82, 2.24) is 5.06 Å². The molecule has 2 heterocycles. The van der Waals surface area contributed by atoms with Crippen molar-refractivity contribution in [2.45, 2.75) is 25.0 Å². The van der Waals surface area contributed by atoms with E-state index in [-0.39, 0.29) is 6.10 Å². The lowest BCUT2D eigenvalue weighted by Crippen LogP contribution is -2.42. The molecule has 4 heteroatoms. The Balaban J connectivity index is 2.06. The van der Waals surface area contributed by atoms with Crippen LogP contribution in [0, 0.1) is 0 Å². The molecule has 0 aromatic carbocycles. The van der Waals surface area contributed by atoms with Crippen molar-refractivity contribution in [3.63, 3.8) is 0 Å². The maximum atomic E-state index is 5.63. The highest BCUT2D eigenvalue weighted by atomic mass is 16.7. The van der Waals surface area contributed by atoms with Crippen molar-refractivity contribution in [3.8, 4) is 0 Å². The van der Waals surface area contributed by atoms with Crippen LogP contribution in [0.4, 0.5) is 0 Å². The number of ether oxygens (including phenoxy) is 2. The van der Waals surface area contributed by atoms with E-state index in [1.165, 1.54) is 0 Å². The third-order valence-electron chi connectivity index (χ3n) is 2.51. The minimum atomic E-state index is 0.214. The van der Waals surface area contributed by atoms with E-state index in [0.717, 1.165) is 12.8 Å². The van der Waals surface area contributed by atoms with Crippen molar-refractivity contribution in [2.75, 3.05) is 14.2 Å². The van der Waals surface area contributed by atoms with Crippen LogP contribution in [0.25, 0.3) is 0 Å². The van der Waals surface area contributed by atoms with Gasteiger partial charge in [0.1, 0.15) is 12.3 Å². The van der Waals surface area contributed by atoms with E-state index in [1.54, 1.807) is 25.5 Å². The fraction of sp³-hybridized carbons (Fsp3) is 0.600. The lowest BCUT2D eigenvalue weighted by atomic mass is 9.99. The molecule has 1 aliphatic carbocycles. The molecule has 0 radical (unpaired) electrons. The molecule has 0 aromatic rings. The summed E-state index contributed by atoms with van der Waals surface area (Å²) >= 11 is 0. The lowest BCUT2D eigenvalue weighted by Gasteiger charge is -2.39. The van der Waals surface area contributed by atoms with Gasteiger partial charge in [-0.3, -0.25) is 4.84 Å². The van der Waals surface area contributed by atoms with Crippen molar-refractivity contribution in [3.05, 3.63) is 24.3 Å². The molecular weight excluding hydrogens is 182 g/mol. The zero-order chi connectivity index (χ0) is 9.97. The molecule has 2 bridgehead atoms. The van der Waals surface area contributed by atoms with Gasteiger partial charge in [0.15, 0.2) is 0 Å². The molecule has 3 rings (SSSR count). The molecule has 2 atom stereocenters. The topological polar surface area (TPSA) is 30.9 Å². The number of hydrogen-bond donors (Lipinski definition) is 0. The predicted molar refractivity (Wildman–Crippen MR) is 51.0 cm³/mol. The molecule has 0 amide bonds. The maximum Gasteiger partial charge on any atom is 0.297 e. The molecular formula is C10H15NO3.